The number of carbonyl (C=O) groups excluding carboxylic acids is 2. The molecule has 0 aliphatic rings. The van der Waals surface area contributed by atoms with E-state index < -0.39 is 29.2 Å². The zero-order valence-electron chi connectivity index (χ0n) is 13.4. The van der Waals surface area contributed by atoms with Gasteiger partial charge in [0.2, 0.25) is 0 Å². The van der Waals surface area contributed by atoms with Crippen molar-refractivity contribution in [2.75, 3.05) is 24.3 Å². The zero-order chi connectivity index (χ0) is 19.3. The van der Waals surface area contributed by atoms with Crippen LogP contribution < -0.4 is 10.6 Å². The van der Waals surface area contributed by atoms with Crippen molar-refractivity contribution in [3.63, 3.8) is 0 Å². The van der Waals surface area contributed by atoms with Crippen molar-refractivity contribution in [2.45, 2.75) is 0 Å². The van der Waals surface area contributed by atoms with Crippen LogP contribution in [0.1, 0.15) is 10.4 Å². The van der Waals surface area contributed by atoms with Crippen LogP contribution in [-0.2, 0) is 9.53 Å². The summed E-state index contributed by atoms with van der Waals surface area (Å²) >= 11 is 5.72. The molecule has 0 spiro atoms. The molecule has 0 aromatic heterocycles. The maximum absolute atomic E-state index is 13.6. The van der Waals surface area contributed by atoms with Gasteiger partial charge < -0.3 is 15.4 Å². The van der Waals surface area contributed by atoms with Crippen LogP contribution in [-0.4, -0.2) is 30.5 Å². The van der Waals surface area contributed by atoms with Gasteiger partial charge in [-0.1, -0.05) is 11.6 Å². The fourth-order valence-corrected chi connectivity index (χ4v) is 2.19. The molecule has 2 rings (SSSR count). The number of non-ortho nitro benzene ring substituents is 1. The van der Waals surface area contributed by atoms with E-state index in [9.17, 15) is 24.1 Å². The number of anilines is 2. The maximum atomic E-state index is 13.6. The van der Waals surface area contributed by atoms with Crippen molar-refractivity contribution in [3.8, 4) is 0 Å². The number of ether oxygens (including phenoxy) is 1. The van der Waals surface area contributed by atoms with Gasteiger partial charge in [-0.15, -0.1) is 0 Å². The lowest BCUT2D eigenvalue weighted by atomic mass is 10.1. The van der Waals surface area contributed by atoms with Crippen LogP contribution in [0.3, 0.4) is 0 Å². The molecule has 0 aliphatic carbocycles. The summed E-state index contributed by atoms with van der Waals surface area (Å²) < 4.78 is 18.4. The Bertz CT molecular complexity index is 875. The van der Waals surface area contributed by atoms with Gasteiger partial charge in [0.15, 0.2) is 6.61 Å². The monoisotopic (exact) mass is 381 g/mol. The Balaban J connectivity index is 2.06. The van der Waals surface area contributed by atoms with E-state index in [0.717, 1.165) is 12.1 Å². The number of halogens is 2. The quantitative estimate of drug-likeness (QED) is 0.451. The van der Waals surface area contributed by atoms with E-state index in [2.05, 4.69) is 10.6 Å². The van der Waals surface area contributed by atoms with Gasteiger partial charge >= 0.3 is 5.97 Å². The predicted molar refractivity (Wildman–Crippen MR) is 93.0 cm³/mol. The number of carbonyl (C=O) groups is 2. The lowest BCUT2D eigenvalue weighted by Crippen LogP contribution is -2.22. The molecule has 1 amide bonds. The van der Waals surface area contributed by atoms with Crippen molar-refractivity contribution in [1.29, 1.82) is 0 Å². The number of rotatable bonds is 6. The van der Waals surface area contributed by atoms with Crippen LogP contribution in [0.15, 0.2) is 36.4 Å². The van der Waals surface area contributed by atoms with E-state index in [1.807, 2.05) is 0 Å². The fourth-order valence-electron chi connectivity index (χ4n) is 2.02. The molecule has 0 fully saturated rings. The topological polar surface area (TPSA) is 111 Å². The summed E-state index contributed by atoms with van der Waals surface area (Å²) in [5.41, 5.74) is -0.281. The lowest BCUT2D eigenvalue weighted by molar-refractivity contribution is -0.384. The molecule has 0 unspecified atom stereocenters. The molecule has 26 heavy (non-hydrogen) atoms. The Morgan fingerprint density at radius 2 is 1.96 bits per heavy atom. The smallest absolute Gasteiger partial charge is 0.341 e. The molecule has 2 N–H and O–H groups in total. The van der Waals surface area contributed by atoms with E-state index >= 15 is 0 Å². The number of nitro benzene ring substituents is 1. The minimum absolute atomic E-state index is 0.108. The number of hydrogen-bond donors (Lipinski definition) is 2. The number of nitro groups is 1. The van der Waals surface area contributed by atoms with Crippen molar-refractivity contribution >= 4 is 40.5 Å². The third-order valence-corrected chi connectivity index (χ3v) is 3.48. The van der Waals surface area contributed by atoms with E-state index in [-0.39, 0.29) is 22.0 Å². The number of esters is 1. The first kappa shape index (κ1) is 19.1. The standard InChI is InChI=1S/C16H13ClFN3O5/c1-19-13-5-3-10(21(24)25)7-11(13)16(23)26-8-15(22)20-14-6-9(17)2-4-12(14)18/h2-7,19H,8H2,1H3,(H,20,22). The van der Waals surface area contributed by atoms with Crippen molar-refractivity contribution < 1.29 is 23.6 Å². The minimum atomic E-state index is -0.945. The van der Waals surface area contributed by atoms with E-state index in [4.69, 9.17) is 16.3 Å². The largest absolute Gasteiger partial charge is 0.452 e. The average molecular weight is 382 g/mol. The first-order chi connectivity index (χ1) is 12.3. The molecule has 0 heterocycles. The Hall–Kier alpha value is -3.20. The molecule has 0 radical (unpaired) electrons. The Labute approximate surface area is 152 Å². The number of benzene rings is 2. The SMILES string of the molecule is CNc1ccc([N+](=O)[O-])cc1C(=O)OCC(=O)Nc1cc(Cl)ccc1F. The highest BCUT2D eigenvalue weighted by atomic mass is 35.5. The third kappa shape index (κ3) is 4.67. The first-order valence-electron chi connectivity index (χ1n) is 7.20. The normalized spacial score (nSPS) is 10.1. The number of nitrogens with zero attached hydrogens (tertiary/aromatic N) is 1. The van der Waals surface area contributed by atoms with Gasteiger partial charge in [-0.2, -0.15) is 0 Å². The fraction of sp³-hybridized carbons (Fsp3) is 0.125. The van der Waals surface area contributed by atoms with Crippen LogP contribution >= 0.6 is 11.6 Å². The van der Waals surface area contributed by atoms with Gasteiger partial charge in [0.1, 0.15) is 5.82 Å². The number of nitrogens with one attached hydrogen (secondary N) is 2. The highest BCUT2D eigenvalue weighted by Crippen LogP contribution is 2.23. The molecule has 136 valence electrons. The Morgan fingerprint density at radius 1 is 1.23 bits per heavy atom. The summed E-state index contributed by atoms with van der Waals surface area (Å²) in [7, 11) is 1.52. The van der Waals surface area contributed by atoms with E-state index in [1.54, 1.807) is 0 Å². The molecule has 10 heteroatoms. The molecule has 0 saturated carbocycles. The maximum Gasteiger partial charge on any atom is 0.341 e. The second-order valence-electron chi connectivity index (χ2n) is 4.99. The highest BCUT2D eigenvalue weighted by Gasteiger charge is 2.19. The molecule has 2 aromatic carbocycles. The van der Waals surface area contributed by atoms with Crippen LogP contribution in [0.2, 0.25) is 5.02 Å². The lowest BCUT2D eigenvalue weighted by Gasteiger charge is -2.10. The van der Waals surface area contributed by atoms with Crippen LogP contribution in [0, 0.1) is 15.9 Å². The molecular formula is C16H13ClFN3O5. The summed E-state index contributed by atoms with van der Waals surface area (Å²) in [6.45, 7) is -0.712. The molecule has 2 aromatic rings. The minimum Gasteiger partial charge on any atom is -0.452 e. The van der Waals surface area contributed by atoms with Crippen molar-refractivity contribution in [2.24, 2.45) is 0 Å². The van der Waals surface area contributed by atoms with Crippen LogP contribution in [0.4, 0.5) is 21.5 Å². The average Bonchev–Trinajstić information content (AvgIpc) is 2.62. The zero-order valence-corrected chi connectivity index (χ0v) is 14.2. The summed E-state index contributed by atoms with van der Waals surface area (Å²) in [4.78, 5) is 34.1. The van der Waals surface area contributed by atoms with Gasteiger partial charge in [-0.25, -0.2) is 9.18 Å². The second-order valence-corrected chi connectivity index (χ2v) is 5.42. The van der Waals surface area contributed by atoms with E-state index in [1.165, 1.54) is 31.3 Å². The van der Waals surface area contributed by atoms with Gasteiger partial charge in [0, 0.05) is 29.9 Å². The van der Waals surface area contributed by atoms with Gasteiger partial charge in [-0.3, -0.25) is 14.9 Å². The highest BCUT2D eigenvalue weighted by molar-refractivity contribution is 6.30. The summed E-state index contributed by atoms with van der Waals surface area (Å²) in [6.07, 6.45) is 0. The van der Waals surface area contributed by atoms with Crippen LogP contribution in [0.25, 0.3) is 0 Å². The van der Waals surface area contributed by atoms with Gasteiger partial charge in [0.25, 0.3) is 11.6 Å². The predicted octanol–water partition coefficient (Wildman–Crippen LogP) is 3.22. The van der Waals surface area contributed by atoms with Crippen molar-refractivity contribution in [1.82, 2.24) is 0 Å². The van der Waals surface area contributed by atoms with Gasteiger partial charge in [-0.05, 0) is 24.3 Å². The summed E-state index contributed by atoms with van der Waals surface area (Å²) in [5, 5.41) is 16.0. The number of amides is 1. The number of hydrogen-bond acceptors (Lipinski definition) is 6. The third-order valence-electron chi connectivity index (χ3n) is 3.24. The Morgan fingerprint density at radius 3 is 2.62 bits per heavy atom. The van der Waals surface area contributed by atoms with Crippen LogP contribution in [0.5, 0.6) is 0 Å². The molecule has 8 nitrogen and oxygen atoms in total. The Kier molecular flexibility index (Phi) is 6.07. The first-order valence-corrected chi connectivity index (χ1v) is 7.58. The molecule has 0 saturated heterocycles. The van der Waals surface area contributed by atoms with E-state index in [0.29, 0.717) is 5.69 Å². The molecule has 0 atom stereocenters. The van der Waals surface area contributed by atoms with Crippen molar-refractivity contribution in [3.05, 3.63) is 62.9 Å². The molecule has 0 bridgehead atoms. The van der Waals surface area contributed by atoms with Gasteiger partial charge in [0.05, 0.1) is 16.2 Å². The summed E-state index contributed by atoms with van der Waals surface area (Å²) in [6, 6.07) is 7.19. The molecular weight excluding hydrogens is 369 g/mol. The molecule has 0 aliphatic heterocycles. The summed E-state index contributed by atoms with van der Waals surface area (Å²) in [5.74, 6) is -2.44. The second kappa shape index (κ2) is 8.26.